The highest BCUT2D eigenvalue weighted by atomic mass is 35.5. The van der Waals surface area contributed by atoms with Crippen molar-refractivity contribution in [1.82, 2.24) is 9.78 Å². The van der Waals surface area contributed by atoms with Crippen LogP contribution in [0.15, 0.2) is 0 Å². The zero-order valence-corrected chi connectivity index (χ0v) is 12.8. The second-order valence-electron chi connectivity index (χ2n) is 5.18. The molecule has 0 aromatic carbocycles. The molecule has 1 aromatic rings. The van der Waals surface area contributed by atoms with Crippen LogP contribution in [0.25, 0.3) is 0 Å². The Kier molecular flexibility index (Phi) is 5.67. The highest BCUT2D eigenvalue weighted by Crippen LogP contribution is 2.27. The molecule has 4 heteroatoms. The second-order valence-corrected chi connectivity index (χ2v) is 5.56. The SMILES string of the molecule is CCCCC(N)(CC)Cc1c(Cl)c(CC)nn1C. The predicted octanol–water partition coefficient (Wildman–Crippen LogP) is 3.48. The maximum atomic E-state index is 6.50. The lowest BCUT2D eigenvalue weighted by Gasteiger charge is -2.28. The first-order chi connectivity index (χ1) is 8.47. The minimum atomic E-state index is -0.154. The van der Waals surface area contributed by atoms with Crippen molar-refractivity contribution in [3.05, 3.63) is 16.4 Å². The lowest BCUT2D eigenvalue weighted by atomic mass is 9.86. The number of aryl methyl sites for hydroxylation is 2. The summed E-state index contributed by atoms with van der Waals surface area (Å²) in [5, 5.41) is 5.26. The molecule has 0 bridgehead atoms. The largest absolute Gasteiger partial charge is 0.325 e. The number of hydrogen-bond donors (Lipinski definition) is 1. The van der Waals surface area contributed by atoms with Gasteiger partial charge in [-0.15, -0.1) is 0 Å². The topological polar surface area (TPSA) is 43.8 Å². The maximum Gasteiger partial charge on any atom is 0.0850 e. The van der Waals surface area contributed by atoms with E-state index < -0.39 is 0 Å². The van der Waals surface area contributed by atoms with Crippen molar-refractivity contribution in [2.24, 2.45) is 12.8 Å². The Labute approximate surface area is 116 Å². The molecule has 1 rings (SSSR count). The third-order valence-corrected chi connectivity index (χ3v) is 4.19. The summed E-state index contributed by atoms with van der Waals surface area (Å²) in [7, 11) is 1.95. The number of rotatable bonds is 7. The van der Waals surface area contributed by atoms with E-state index in [2.05, 4.69) is 25.9 Å². The number of hydrogen-bond acceptors (Lipinski definition) is 2. The van der Waals surface area contributed by atoms with Gasteiger partial charge in [-0.25, -0.2) is 0 Å². The van der Waals surface area contributed by atoms with Crippen molar-refractivity contribution in [1.29, 1.82) is 0 Å². The Hall–Kier alpha value is -0.540. The van der Waals surface area contributed by atoms with Gasteiger partial charge in [0.1, 0.15) is 0 Å². The normalized spacial score (nSPS) is 14.8. The summed E-state index contributed by atoms with van der Waals surface area (Å²) in [5.41, 5.74) is 8.40. The first-order valence-corrected chi connectivity index (χ1v) is 7.34. The molecule has 18 heavy (non-hydrogen) atoms. The summed E-state index contributed by atoms with van der Waals surface area (Å²) in [4.78, 5) is 0. The van der Waals surface area contributed by atoms with Gasteiger partial charge in [-0.1, -0.05) is 45.2 Å². The minimum Gasteiger partial charge on any atom is -0.325 e. The van der Waals surface area contributed by atoms with Crippen LogP contribution in [-0.2, 0) is 19.9 Å². The van der Waals surface area contributed by atoms with Crippen LogP contribution in [0.3, 0.4) is 0 Å². The van der Waals surface area contributed by atoms with Gasteiger partial charge < -0.3 is 5.73 Å². The highest BCUT2D eigenvalue weighted by molar-refractivity contribution is 6.31. The Morgan fingerprint density at radius 1 is 1.33 bits per heavy atom. The first-order valence-electron chi connectivity index (χ1n) is 6.96. The molecular weight excluding hydrogens is 246 g/mol. The molecule has 1 heterocycles. The molecule has 0 saturated carbocycles. The van der Waals surface area contributed by atoms with E-state index in [4.69, 9.17) is 17.3 Å². The van der Waals surface area contributed by atoms with Crippen LogP contribution < -0.4 is 5.73 Å². The molecule has 2 N–H and O–H groups in total. The Morgan fingerprint density at radius 2 is 2.00 bits per heavy atom. The van der Waals surface area contributed by atoms with E-state index >= 15 is 0 Å². The number of nitrogens with zero attached hydrogens (tertiary/aromatic N) is 2. The molecule has 0 aliphatic carbocycles. The van der Waals surface area contributed by atoms with Gasteiger partial charge in [0.25, 0.3) is 0 Å². The number of aromatic nitrogens is 2. The smallest absolute Gasteiger partial charge is 0.0850 e. The average molecular weight is 272 g/mol. The van der Waals surface area contributed by atoms with Gasteiger partial charge in [0.15, 0.2) is 0 Å². The van der Waals surface area contributed by atoms with Crippen LogP contribution in [0.2, 0.25) is 5.02 Å². The molecule has 0 fully saturated rings. The molecule has 1 aromatic heterocycles. The van der Waals surface area contributed by atoms with E-state index in [1.165, 1.54) is 12.8 Å². The van der Waals surface area contributed by atoms with Crippen LogP contribution in [-0.4, -0.2) is 15.3 Å². The zero-order chi connectivity index (χ0) is 13.8. The van der Waals surface area contributed by atoms with Gasteiger partial charge in [-0.3, -0.25) is 4.68 Å². The van der Waals surface area contributed by atoms with E-state index in [0.717, 1.165) is 42.1 Å². The van der Waals surface area contributed by atoms with E-state index in [1.54, 1.807) is 0 Å². The fraction of sp³-hybridized carbons (Fsp3) is 0.786. The van der Waals surface area contributed by atoms with Crippen molar-refractivity contribution in [3.63, 3.8) is 0 Å². The van der Waals surface area contributed by atoms with Crippen LogP contribution in [0.5, 0.6) is 0 Å². The van der Waals surface area contributed by atoms with Crippen LogP contribution in [0.1, 0.15) is 57.8 Å². The summed E-state index contributed by atoms with van der Waals surface area (Å²) < 4.78 is 1.89. The van der Waals surface area contributed by atoms with Crippen molar-refractivity contribution >= 4 is 11.6 Å². The lowest BCUT2D eigenvalue weighted by molar-refractivity contribution is 0.357. The molecule has 0 radical (unpaired) electrons. The molecule has 1 unspecified atom stereocenters. The molecule has 0 aliphatic heterocycles. The average Bonchev–Trinajstić information content (AvgIpc) is 2.63. The predicted molar refractivity (Wildman–Crippen MR) is 78.0 cm³/mol. The van der Waals surface area contributed by atoms with Gasteiger partial charge in [0.05, 0.1) is 16.4 Å². The first kappa shape index (κ1) is 15.5. The molecule has 0 spiro atoms. The third-order valence-electron chi connectivity index (χ3n) is 3.75. The monoisotopic (exact) mass is 271 g/mol. The fourth-order valence-corrected chi connectivity index (χ4v) is 2.62. The quantitative estimate of drug-likeness (QED) is 0.825. The van der Waals surface area contributed by atoms with Crippen molar-refractivity contribution < 1.29 is 0 Å². The summed E-state index contributed by atoms with van der Waals surface area (Å²) in [6.45, 7) is 6.42. The van der Waals surface area contributed by atoms with Crippen LogP contribution >= 0.6 is 11.6 Å². The molecule has 104 valence electrons. The summed E-state index contributed by atoms with van der Waals surface area (Å²) in [6, 6.07) is 0. The van der Waals surface area contributed by atoms with E-state index in [9.17, 15) is 0 Å². The Balaban J connectivity index is 2.90. The van der Waals surface area contributed by atoms with Crippen molar-refractivity contribution in [3.8, 4) is 0 Å². The molecule has 1 atom stereocenters. The standard InChI is InChI=1S/C14H26ClN3/c1-5-8-9-14(16,7-3)10-12-13(15)11(6-2)17-18(12)4/h5-10,16H2,1-4H3. The lowest BCUT2D eigenvalue weighted by Crippen LogP contribution is -2.42. The van der Waals surface area contributed by atoms with Crippen LogP contribution in [0.4, 0.5) is 0 Å². The molecule has 0 aliphatic rings. The fourth-order valence-electron chi connectivity index (χ4n) is 2.26. The van der Waals surface area contributed by atoms with E-state index in [-0.39, 0.29) is 5.54 Å². The molecule has 0 amide bonds. The minimum absolute atomic E-state index is 0.154. The Morgan fingerprint density at radius 3 is 2.44 bits per heavy atom. The third kappa shape index (κ3) is 3.48. The van der Waals surface area contributed by atoms with Gasteiger partial charge in [0, 0.05) is 19.0 Å². The summed E-state index contributed by atoms with van der Waals surface area (Å²) >= 11 is 6.39. The highest BCUT2D eigenvalue weighted by Gasteiger charge is 2.26. The zero-order valence-electron chi connectivity index (χ0n) is 12.1. The van der Waals surface area contributed by atoms with Crippen LogP contribution in [0, 0.1) is 0 Å². The molecular formula is C14H26ClN3. The van der Waals surface area contributed by atoms with Gasteiger partial charge in [0.2, 0.25) is 0 Å². The maximum absolute atomic E-state index is 6.50. The van der Waals surface area contributed by atoms with Gasteiger partial charge >= 0.3 is 0 Å². The summed E-state index contributed by atoms with van der Waals surface area (Å²) in [6.07, 6.45) is 6.04. The van der Waals surface area contributed by atoms with Crippen molar-refractivity contribution in [2.45, 2.75) is 64.8 Å². The second kappa shape index (κ2) is 6.58. The number of nitrogens with two attached hydrogens (primary N) is 1. The molecule has 3 nitrogen and oxygen atoms in total. The summed E-state index contributed by atoms with van der Waals surface area (Å²) in [5.74, 6) is 0. The van der Waals surface area contributed by atoms with E-state index in [0.29, 0.717) is 0 Å². The van der Waals surface area contributed by atoms with Gasteiger partial charge in [-0.2, -0.15) is 5.10 Å². The Bertz CT molecular complexity index is 387. The van der Waals surface area contributed by atoms with Crippen molar-refractivity contribution in [2.75, 3.05) is 0 Å². The van der Waals surface area contributed by atoms with Gasteiger partial charge in [-0.05, 0) is 19.3 Å². The van der Waals surface area contributed by atoms with E-state index in [1.807, 2.05) is 11.7 Å². The molecule has 0 saturated heterocycles. The number of unbranched alkanes of at least 4 members (excludes halogenated alkanes) is 1. The number of halogens is 1.